The highest BCUT2D eigenvalue weighted by molar-refractivity contribution is 6.00. The second-order valence-corrected chi connectivity index (χ2v) is 10.0. The van der Waals surface area contributed by atoms with E-state index >= 15 is 0 Å². The summed E-state index contributed by atoms with van der Waals surface area (Å²) in [4.78, 5) is 0. The molecule has 5 aromatic rings. The van der Waals surface area contributed by atoms with Crippen molar-refractivity contribution in [2.24, 2.45) is 5.92 Å². The van der Waals surface area contributed by atoms with Gasteiger partial charge in [-0.15, -0.1) is 0 Å². The third kappa shape index (κ3) is 4.35. The average molecular weight is 487 g/mol. The Morgan fingerprint density at radius 1 is 0.526 bits per heavy atom. The summed E-state index contributed by atoms with van der Waals surface area (Å²) in [6.45, 7) is 11.3. The molecule has 0 heteroatoms. The molecule has 0 heterocycles. The molecule has 38 heavy (non-hydrogen) atoms. The van der Waals surface area contributed by atoms with Crippen LogP contribution in [0.4, 0.5) is 0 Å². The van der Waals surface area contributed by atoms with Gasteiger partial charge in [-0.25, -0.2) is 0 Å². The molecule has 182 valence electrons. The molecule has 0 fully saturated rings. The van der Waals surface area contributed by atoms with E-state index < -0.39 is 0 Å². The zero-order chi connectivity index (χ0) is 26.1. The van der Waals surface area contributed by atoms with Crippen molar-refractivity contribution >= 4 is 46.9 Å². The van der Waals surface area contributed by atoms with Gasteiger partial charge < -0.3 is 0 Å². The first-order chi connectivity index (χ1) is 18.6. The van der Waals surface area contributed by atoms with Crippen molar-refractivity contribution < 1.29 is 0 Å². The first kappa shape index (κ1) is 23.7. The molecule has 0 amide bonds. The Kier molecular flexibility index (Phi) is 6.23. The van der Waals surface area contributed by atoms with Gasteiger partial charge in [0.25, 0.3) is 0 Å². The Hall–Kier alpha value is -4.68. The van der Waals surface area contributed by atoms with Crippen molar-refractivity contribution in [2.75, 3.05) is 0 Å². The van der Waals surface area contributed by atoms with Gasteiger partial charge in [0.1, 0.15) is 0 Å². The molecular weight excluding hydrogens is 456 g/mol. The lowest BCUT2D eigenvalue weighted by Gasteiger charge is -2.15. The summed E-state index contributed by atoms with van der Waals surface area (Å²) < 4.78 is 0. The maximum absolute atomic E-state index is 4.57. The van der Waals surface area contributed by atoms with Crippen molar-refractivity contribution in [1.82, 2.24) is 0 Å². The summed E-state index contributed by atoms with van der Waals surface area (Å²) in [5.74, 6) is 0.312. The van der Waals surface area contributed by atoms with Crippen molar-refractivity contribution in [3.05, 3.63) is 143 Å². The first-order valence-corrected chi connectivity index (χ1v) is 13.2. The Labute approximate surface area is 224 Å². The summed E-state index contributed by atoms with van der Waals surface area (Å²) in [5.41, 5.74) is 6.95. The summed E-state index contributed by atoms with van der Waals surface area (Å²) in [7, 11) is 0. The number of hydrogen-bond acceptors (Lipinski definition) is 0. The van der Waals surface area contributed by atoms with Gasteiger partial charge in [0.2, 0.25) is 0 Å². The lowest BCUT2D eigenvalue weighted by Crippen LogP contribution is -2.08. The zero-order valence-corrected chi connectivity index (χ0v) is 21.7. The first-order valence-electron chi connectivity index (χ1n) is 13.2. The molecule has 5 aromatic carbocycles. The fourth-order valence-electron chi connectivity index (χ4n) is 5.48. The standard InChI is InChI=1S/C38H30/c1-26-19-23-35-36(24-20-26)38(34-18-10-16-30-14-8-9-17-33(30)34)28(3)12-5-4-11-27(2)37(35)32-22-21-29-13-6-7-15-31(29)25-32/h4-26H,2-3H2,1H3. The second-order valence-electron chi connectivity index (χ2n) is 10.0. The minimum Gasteiger partial charge on any atom is -0.0911 e. The highest BCUT2D eigenvalue weighted by Crippen LogP contribution is 2.35. The zero-order valence-electron chi connectivity index (χ0n) is 21.7. The smallest absolute Gasteiger partial charge is 0.00324 e. The maximum atomic E-state index is 4.57. The Morgan fingerprint density at radius 2 is 1.11 bits per heavy atom. The van der Waals surface area contributed by atoms with Gasteiger partial charge in [-0.05, 0) is 77.3 Å². The lowest BCUT2D eigenvalue weighted by molar-refractivity contribution is 0.954. The molecule has 0 aromatic heterocycles. The van der Waals surface area contributed by atoms with Gasteiger partial charge in [-0.1, -0.05) is 148 Å². The van der Waals surface area contributed by atoms with Crippen LogP contribution in [-0.2, 0) is 0 Å². The van der Waals surface area contributed by atoms with Crippen LogP contribution in [0.2, 0.25) is 0 Å². The minimum atomic E-state index is 0.312. The van der Waals surface area contributed by atoms with E-state index in [-0.39, 0.29) is 0 Å². The summed E-state index contributed by atoms with van der Waals surface area (Å²) in [5, 5.41) is 6.86. The van der Waals surface area contributed by atoms with Crippen molar-refractivity contribution in [2.45, 2.75) is 6.92 Å². The summed E-state index contributed by atoms with van der Waals surface area (Å²) >= 11 is 0. The van der Waals surface area contributed by atoms with Gasteiger partial charge in [-0.3, -0.25) is 0 Å². The molecule has 0 bridgehead atoms. The van der Waals surface area contributed by atoms with Crippen molar-refractivity contribution in [3.63, 3.8) is 0 Å². The molecule has 6 rings (SSSR count). The number of rotatable bonds is 2. The molecule has 0 radical (unpaired) electrons. The Morgan fingerprint density at radius 3 is 1.87 bits per heavy atom. The van der Waals surface area contributed by atoms with E-state index in [1.165, 1.54) is 27.1 Å². The van der Waals surface area contributed by atoms with Crippen LogP contribution in [0, 0.1) is 5.92 Å². The number of hydrogen-bond donors (Lipinski definition) is 0. The van der Waals surface area contributed by atoms with Gasteiger partial charge >= 0.3 is 0 Å². The molecule has 1 aliphatic carbocycles. The molecule has 1 aliphatic rings. The van der Waals surface area contributed by atoms with Crippen molar-refractivity contribution in [1.29, 1.82) is 0 Å². The SMILES string of the molecule is C=c1ccccc(=C)c(-c2cccc3ccccc23)c2c(c1-c1ccc3ccccc3c1)C=CC(C)C=C2. The van der Waals surface area contributed by atoms with E-state index in [1.54, 1.807) is 0 Å². The molecule has 0 saturated heterocycles. The molecule has 0 N–H and O–H groups in total. The van der Waals surface area contributed by atoms with Crippen LogP contribution in [0.25, 0.3) is 69.1 Å². The van der Waals surface area contributed by atoms with E-state index in [9.17, 15) is 0 Å². The number of fused-ring (bicyclic) bond motifs is 3. The van der Waals surface area contributed by atoms with E-state index in [1.807, 2.05) is 0 Å². The molecule has 0 nitrogen and oxygen atoms in total. The lowest BCUT2D eigenvalue weighted by atomic mass is 9.88. The molecule has 1 unspecified atom stereocenters. The highest BCUT2D eigenvalue weighted by atomic mass is 14.2. The molecule has 1 atom stereocenters. The fourth-order valence-corrected chi connectivity index (χ4v) is 5.48. The van der Waals surface area contributed by atoms with Gasteiger partial charge in [0, 0.05) is 0 Å². The van der Waals surface area contributed by atoms with Crippen LogP contribution in [-0.4, -0.2) is 0 Å². The predicted octanol–water partition coefficient (Wildman–Crippen LogP) is 8.95. The van der Waals surface area contributed by atoms with Gasteiger partial charge in [0.05, 0.1) is 0 Å². The van der Waals surface area contributed by atoms with Crippen LogP contribution in [0.1, 0.15) is 18.1 Å². The summed E-state index contributed by atoms with van der Waals surface area (Å²) in [6, 6.07) is 38.7. The largest absolute Gasteiger partial charge is 0.0911 e. The molecule has 0 aliphatic heterocycles. The van der Waals surface area contributed by atoms with Crippen LogP contribution < -0.4 is 10.4 Å². The van der Waals surface area contributed by atoms with Crippen molar-refractivity contribution in [3.8, 4) is 22.3 Å². The summed E-state index contributed by atoms with van der Waals surface area (Å²) in [6.07, 6.45) is 9.13. The number of allylic oxidation sites excluding steroid dienone is 2. The van der Waals surface area contributed by atoms with Gasteiger partial charge in [0.15, 0.2) is 0 Å². The highest BCUT2D eigenvalue weighted by Gasteiger charge is 2.15. The van der Waals surface area contributed by atoms with E-state index in [4.69, 9.17) is 0 Å². The maximum Gasteiger partial charge on any atom is -0.00324 e. The van der Waals surface area contributed by atoms with E-state index in [2.05, 4.69) is 154 Å². The quantitative estimate of drug-likeness (QED) is 0.234. The van der Waals surface area contributed by atoms with Crippen LogP contribution in [0.15, 0.2) is 121 Å². The number of benzene rings is 4. The monoisotopic (exact) mass is 486 g/mol. The topological polar surface area (TPSA) is 0 Å². The normalized spacial score (nSPS) is 14.2. The molecular formula is C38H30. The minimum absolute atomic E-state index is 0.312. The van der Waals surface area contributed by atoms with E-state index in [0.717, 1.165) is 38.3 Å². The molecule has 0 spiro atoms. The van der Waals surface area contributed by atoms with E-state index in [0.29, 0.717) is 5.92 Å². The van der Waals surface area contributed by atoms with Gasteiger partial charge in [-0.2, -0.15) is 0 Å². The van der Waals surface area contributed by atoms with Crippen LogP contribution in [0.5, 0.6) is 0 Å². The predicted molar refractivity (Wildman–Crippen MR) is 167 cm³/mol. The fraction of sp³-hybridized carbons (Fsp3) is 0.0526. The second kappa shape index (κ2) is 10.00. The Bertz CT molecular complexity index is 1910. The molecule has 0 saturated carbocycles. The van der Waals surface area contributed by atoms with Crippen LogP contribution in [0.3, 0.4) is 0 Å². The third-order valence-electron chi connectivity index (χ3n) is 7.41. The van der Waals surface area contributed by atoms with Crippen LogP contribution >= 0.6 is 0 Å². The Balaban J connectivity index is 1.82. The average Bonchev–Trinajstić information content (AvgIpc) is 3.13. The third-order valence-corrected chi connectivity index (χ3v) is 7.41.